The number of hydrogen-bond donors (Lipinski definition) is 0. The average Bonchev–Trinajstić information content (AvgIpc) is 3.81. The van der Waals surface area contributed by atoms with E-state index < -0.39 is 0 Å². The molecule has 0 unspecified atom stereocenters. The van der Waals surface area contributed by atoms with Crippen LogP contribution in [0.2, 0.25) is 0 Å². The predicted octanol–water partition coefficient (Wildman–Crippen LogP) is 13.4. The van der Waals surface area contributed by atoms with Gasteiger partial charge in [-0.3, -0.25) is 0 Å². The number of furan rings is 1. The number of para-hydroxylation sites is 1. The Bertz CT molecular complexity index is 2850. The van der Waals surface area contributed by atoms with Crippen molar-refractivity contribution in [3.8, 4) is 33.7 Å². The second-order valence-corrected chi connectivity index (χ2v) is 12.8. The Morgan fingerprint density at radius 1 is 0.412 bits per heavy atom. The molecule has 0 radical (unpaired) electrons. The molecule has 0 saturated heterocycles. The Labute approximate surface area is 294 Å². The summed E-state index contributed by atoms with van der Waals surface area (Å²) < 4.78 is 12.8. The van der Waals surface area contributed by atoms with Crippen LogP contribution in [-0.2, 0) is 0 Å². The van der Waals surface area contributed by atoms with Crippen molar-refractivity contribution in [1.29, 1.82) is 0 Å². The van der Waals surface area contributed by atoms with E-state index in [4.69, 9.17) is 13.8 Å². The van der Waals surface area contributed by atoms with Crippen molar-refractivity contribution in [3.05, 3.63) is 182 Å². The lowest BCUT2D eigenvalue weighted by molar-refractivity contribution is 0.619. The van der Waals surface area contributed by atoms with Gasteiger partial charge >= 0.3 is 0 Å². The molecule has 4 heteroatoms. The molecule has 0 aliphatic heterocycles. The molecule has 0 atom stereocenters. The van der Waals surface area contributed by atoms with E-state index in [1.807, 2.05) is 42.5 Å². The highest BCUT2D eigenvalue weighted by molar-refractivity contribution is 6.19. The van der Waals surface area contributed by atoms with Crippen LogP contribution >= 0.6 is 0 Å². The summed E-state index contributed by atoms with van der Waals surface area (Å²) in [4.78, 5) is 7.27. The van der Waals surface area contributed by atoms with Gasteiger partial charge in [0, 0.05) is 33.6 Å². The van der Waals surface area contributed by atoms with Gasteiger partial charge in [0.25, 0.3) is 0 Å². The van der Waals surface area contributed by atoms with Crippen LogP contribution in [0.1, 0.15) is 0 Å². The van der Waals surface area contributed by atoms with E-state index in [1.54, 1.807) is 0 Å². The summed E-state index contributed by atoms with van der Waals surface area (Å²) in [5.41, 5.74) is 11.8. The highest BCUT2D eigenvalue weighted by Crippen LogP contribution is 2.42. The molecule has 0 fully saturated rings. The van der Waals surface area contributed by atoms with Crippen LogP contribution in [0.5, 0.6) is 0 Å². The topological polar surface area (TPSA) is 42.4 Å². The number of oxazole rings is 1. The number of anilines is 3. The third-order valence-corrected chi connectivity index (χ3v) is 9.68. The third-order valence-electron chi connectivity index (χ3n) is 9.68. The summed E-state index contributed by atoms with van der Waals surface area (Å²) in [5, 5.41) is 4.39. The van der Waals surface area contributed by atoms with Crippen molar-refractivity contribution < 1.29 is 8.83 Å². The Balaban J connectivity index is 1.08. The molecular weight excluding hydrogens is 625 g/mol. The first-order valence-corrected chi connectivity index (χ1v) is 17.1. The molecule has 240 valence electrons. The number of rotatable bonds is 6. The quantitative estimate of drug-likeness (QED) is 0.179. The molecule has 8 aromatic carbocycles. The van der Waals surface area contributed by atoms with Gasteiger partial charge in [0.2, 0.25) is 5.89 Å². The SMILES string of the molecule is c1ccc(-c2cccc(N(c3ccc(-c4cccc5c4oc4ccc6oc(-c7ccccc7)nc6c45)cc3)c3ccc4ccccc4c3)c2)cc1. The summed E-state index contributed by atoms with van der Waals surface area (Å²) in [6.07, 6.45) is 0. The zero-order valence-electron chi connectivity index (χ0n) is 27.5. The van der Waals surface area contributed by atoms with Crippen LogP contribution in [0.3, 0.4) is 0 Å². The lowest BCUT2D eigenvalue weighted by atomic mass is 10.0. The molecule has 0 spiro atoms. The Hall–Kier alpha value is -6.91. The standard InChI is InChI=1S/C47H30N2O2/c1-3-11-31(12-4-1)36-17-9-18-38(29-36)49(39-26-21-32-13-7-8-16-35(32)30-39)37-24-22-33(23-25-37)40-19-10-20-41-44-42(50-46(40)41)27-28-43-45(44)48-47(51-43)34-14-5-2-6-15-34/h1-30H. The van der Waals surface area contributed by atoms with Gasteiger partial charge in [-0.25, -0.2) is 4.98 Å². The van der Waals surface area contributed by atoms with Crippen molar-refractivity contribution in [1.82, 2.24) is 4.98 Å². The van der Waals surface area contributed by atoms with Gasteiger partial charge in [-0.05, 0) is 88.1 Å². The first-order valence-electron chi connectivity index (χ1n) is 17.1. The van der Waals surface area contributed by atoms with Crippen LogP contribution in [0.25, 0.3) is 77.5 Å². The maximum atomic E-state index is 6.58. The van der Waals surface area contributed by atoms with E-state index in [1.165, 1.54) is 21.9 Å². The zero-order chi connectivity index (χ0) is 33.7. The van der Waals surface area contributed by atoms with Crippen molar-refractivity contribution in [2.24, 2.45) is 0 Å². The number of nitrogens with zero attached hydrogens (tertiary/aromatic N) is 2. The van der Waals surface area contributed by atoms with Gasteiger partial charge < -0.3 is 13.7 Å². The van der Waals surface area contributed by atoms with Gasteiger partial charge in [-0.1, -0.05) is 121 Å². The summed E-state index contributed by atoms with van der Waals surface area (Å²) in [6, 6.07) is 63.5. The Morgan fingerprint density at radius 3 is 1.90 bits per heavy atom. The van der Waals surface area contributed by atoms with Crippen LogP contribution in [0, 0.1) is 0 Å². The number of benzene rings is 8. The second kappa shape index (κ2) is 11.9. The first kappa shape index (κ1) is 29.0. The summed E-state index contributed by atoms with van der Waals surface area (Å²) >= 11 is 0. The van der Waals surface area contributed by atoms with E-state index in [9.17, 15) is 0 Å². The monoisotopic (exact) mass is 654 g/mol. The molecule has 10 aromatic rings. The van der Waals surface area contributed by atoms with Crippen LogP contribution in [0.4, 0.5) is 17.1 Å². The maximum Gasteiger partial charge on any atom is 0.227 e. The van der Waals surface area contributed by atoms with E-state index in [0.29, 0.717) is 5.89 Å². The molecule has 0 bridgehead atoms. The minimum Gasteiger partial charge on any atom is -0.455 e. The van der Waals surface area contributed by atoms with Crippen LogP contribution in [-0.4, -0.2) is 4.98 Å². The van der Waals surface area contributed by atoms with Gasteiger partial charge in [0.15, 0.2) is 5.58 Å². The Kier molecular flexibility index (Phi) is 6.78. The normalized spacial score (nSPS) is 11.5. The summed E-state index contributed by atoms with van der Waals surface area (Å²) in [6.45, 7) is 0. The molecule has 10 rings (SSSR count). The smallest absolute Gasteiger partial charge is 0.227 e. The van der Waals surface area contributed by atoms with Gasteiger partial charge in [0.05, 0.1) is 5.39 Å². The molecule has 2 heterocycles. The van der Waals surface area contributed by atoms with Crippen molar-refractivity contribution >= 4 is 60.9 Å². The van der Waals surface area contributed by atoms with Crippen LogP contribution in [0.15, 0.2) is 191 Å². The summed E-state index contributed by atoms with van der Waals surface area (Å²) in [5.74, 6) is 0.601. The molecule has 0 aliphatic carbocycles. The maximum absolute atomic E-state index is 6.58. The van der Waals surface area contributed by atoms with Gasteiger partial charge in [-0.15, -0.1) is 0 Å². The second-order valence-electron chi connectivity index (χ2n) is 12.8. The van der Waals surface area contributed by atoms with Crippen LogP contribution < -0.4 is 4.90 Å². The molecule has 4 nitrogen and oxygen atoms in total. The average molecular weight is 655 g/mol. The fraction of sp³-hybridized carbons (Fsp3) is 0. The highest BCUT2D eigenvalue weighted by atomic mass is 16.4. The highest BCUT2D eigenvalue weighted by Gasteiger charge is 2.19. The molecule has 0 aliphatic rings. The molecular formula is C47H30N2O2. The van der Waals surface area contributed by atoms with Gasteiger partial charge in [-0.2, -0.15) is 0 Å². The minimum absolute atomic E-state index is 0.601. The largest absolute Gasteiger partial charge is 0.455 e. The summed E-state index contributed by atoms with van der Waals surface area (Å²) in [7, 11) is 0. The van der Waals surface area contributed by atoms with E-state index in [-0.39, 0.29) is 0 Å². The van der Waals surface area contributed by atoms with Gasteiger partial charge in [0.1, 0.15) is 16.7 Å². The number of aromatic nitrogens is 1. The fourth-order valence-electron chi connectivity index (χ4n) is 7.21. The molecule has 0 N–H and O–H groups in total. The molecule has 0 saturated carbocycles. The predicted molar refractivity (Wildman–Crippen MR) is 210 cm³/mol. The van der Waals surface area contributed by atoms with Crippen molar-refractivity contribution in [2.45, 2.75) is 0 Å². The molecule has 51 heavy (non-hydrogen) atoms. The number of hydrogen-bond acceptors (Lipinski definition) is 4. The molecule has 0 amide bonds. The van der Waals surface area contributed by atoms with E-state index in [0.717, 1.165) is 66.8 Å². The number of fused-ring (bicyclic) bond motifs is 6. The fourth-order valence-corrected chi connectivity index (χ4v) is 7.21. The first-order chi connectivity index (χ1) is 25.3. The lowest BCUT2D eigenvalue weighted by Crippen LogP contribution is -2.10. The molecule has 2 aromatic heterocycles. The van der Waals surface area contributed by atoms with E-state index >= 15 is 0 Å². The van der Waals surface area contributed by atoms with Crippen molar-refractivity contribution in [3.63, 3.8) is 0 Å². The van der Waals surface area contributed by atoms with Crippen molar-refractivity contribution in [2.75, 3.05) is 4.90 Å². The lowest BCUT2D eigenvalue weighted by Gasteiger charge is -2.26. The minimum atomic E-state index is 0.601. The zero-order valence-corrected chi connectivity index (χ0v) is 27.5. The Morgan fingerprint density at radius 2 is 1.08 bits per heavy atom. The van der Waals surface area contributed by atoms with E-state index in [2.05, 4.69) is 144 Å². The third kappa shape index (κ3) is 5.04.